The number of amides is 1. The van der Waals surface area contributed by atoms with E-state index in [0.29, 0.717) is 5.56 Å². The highest BCUT2D eigenvalue weighted by molar-refractivity contribution is 8.00. The van der Waals surface area contributed by atoms with Gasteiger partial charge in [-0.25, -0.2) is 0 Å². The summed E-state index contributed by atoms with van der Waals surface area (Å²) in [6.45, 7) is 6.62. The molecule has 0 aliphatic rings. The summed E-state index contributed by atoms with van der Waals surface area (Å²) in [6.07, 6.45) is 2.08. The third kappa shape index (κ3) is 4.20. The van der Waals surface area contributed by atoms with Crippen molar-refractivity contribution < 1.29 is 4.79 Å². The van der Waals surface area contributed by atoms with Gasteiger partial charge >= 0.3 is 0 Å². The molecule has 3 N–H and O–H groups in total. The van der Waals surface area contributed by atoms with Crippen molar-refractivity contribution in [3.63, 3.8) is 0 Å². The third-order valence-electron chi connectivity index (χ3n) is 4.28. The molecule has 3 aromatic rings. The topological polar surface area (TPSA) is 55.1 Å². The molecule has 0 saturated heterocycles. The van der Waals surface area contributed by atoms with Gasteiger partial charge < -0.3 is 11.1 Å². The Kier molecular flexibility index (Phi) is 5.63. The second kappa shape index (κ2) is 7.79. The molecule has 27 heavy (non-hydrogen) atoms. The highest BCUT2D eigenvalue weighted by Gasteiger charge is 2.27. The van der Waals surface area contributed by atoms with E-state index in [1.165, 1.54) is 9.77 Å². The maximum Gasteiger partial charge on any atom is 0.255 e. The molecule has 0 aliphatic carbocycles. The number of carbonyl (C=O) groups excluding carboxylic acids is 1. The molecule has 0 radical (unpaired) electrons. The van der Waals surface area contributed by atoms with Crippen LogP contribution < -0.4 is 11.1 Å². The van der Waals surface area contributed by atoms with Crippen LogP contribution in [-0.2, 0) is 5.41 Å². The normalized spacial score (nSPS) is 11.4. The number of thiophene rings is 1. The van der Waals surface area contributed by atoms with E-state index in [1.54, 1.807) is 35.2 Å². The van der Waals surface area contributed by atoms with E-state index < -0.39 is 0 Å². The molecular weight excluding hydrogens is 372 g/mol. The Balaban J connectivity index is 2.00. The molecule has 140 valence electrons. The molecule has 0 aliphatic heterocycles. The van der Waals surface area contributed by atoms with Gasteiger partial charge in [-0.1, -0.05) is 51.1 Å². The quantitative estimate of drug-likeness (QED) is 0.511. The van der Waals surface area contributed by atoms with E-state index in [-0.39, 0.29) is 11.3 Å². The number of hydrogen-bond donors (Lipinski definition) is 2. The summed E-state index contributed by atoms with van der Waals surface area (Å²) in [5, 5.41) is 3.80. The molecule has 0 bridgehead atoms. The minimum atomic E-state index is -0.119. The molecule has 3 rings (SSSR count). The van der Waals surface area contributed by atoms with Gasteiger partial charge in [0.1, 0.15) is 0 Å². The average molecular weight is 397 g/mol. The van der Waals surface area contributed by atoms with Crippen molar-refractivity contribution in [2.45, 2.75) is 30.4 Å². The lowest BCUT2D eigenvalue weighted by molar-refractivity contribution is 0.102. The van der Waals surface area contributed by atoms with Gasteiger partial charge in [0.05, 0.1) is 9.21 Å². The van der Waals surface area contributed by atoms with Gasteiger partial charge in [-0.3, -0.25) is 4.79 Å². The van der Waals surface area contributed by atoms with Crippen LogP contribution >= 0.6 is 23.1 Å². The minimum Gasteiger partial charge on any atom is -0.390 e. The minimum absolute atomic E-state index is 0.0227. The van der Waals surface area contributed by atoms with Crippen LogP contribution in [0.4, 0.5) is 10.7 Å². The van der Waals surface area contributed by atoms with Crippen molar-refractivity contribution in [1.29, 1.82) is 0 Å². The molecular formula is C22H24N2OS2. The molecule has 0 fully saturated rings. The van der Waals surface area contributed by atoms with E-state index in [2.05, 4.69) is 38.4 Å². The Hall–Kier alpha value is -2.24. The second-order valence-electron chi connectivity index (χ2n) is 7.36. The number of anilines is 2. The van der Waals surface area contributed by atoms with Gasteiger partial charge in [-0.15, -0.1) is 23.1 Å². The summed E-state index contributed by atoms with van der Waals surface area (Å²) >= 11 is 3.37. The van der Waals surface area contributed by atoms with Crippen molar-refractivity contribution in [2.75, 3.05) is 17.3 Å². The summed E-state index contributed by atoms with van der Waals surface area (Å²) < 4.78 is 1.24. The lowest BCUT2D eigenvalue weighted by Crippen LogP contribution is -2.13. The van der Waals surface area contributed by atoms with Gasteiger partial charge in [0.25, 0.3) is 5.91 Å². The molecule has 0 atom stereocenters. The summed E-state index contributed by atoms with van der Waals surface area (Å²) in [4.78, 5) is 12.5. The fourth-order valence-electron chi connectivity index (χ4n) is 3.08. The summed E-state index contributed by atoms with van der Waals surface area (Å²) in [5.41, 5.74) is 11.2. The Morgan fingerprint density at radius 2 is 1.78 bits per heavy atom. The summed E-state index contributed by atoms with van der Waals surface area (Å²) in [5.74, 6) is -0.119. The van der Waals surface area contributed by atoms with Crippen LogP contribution in [0.15, 0.2) is 58.8 Å². The molecule has 1 heterocycles. The number of nitrogen functional groups attached to an aromatic ring is 1. The van der Waals surface area contributed by atoms with E-state index in [1.807, 2.05) is 36.4 Å². The van der Waals surface area contributed by atoms with E-state index in [0.717, 1.165) is 21.8 Å². The van der Waals surface area contributed by atoms with Crippen LogP contribution in [0.25, 0.3) is 11.1 Å². The zero-order chi connectivity index (χ0) is 19.6. The van der Waals surface area contributed by atoms with Crippen molar-refractivity contribution >= 4 is 39.7 Å². The van der Waals surface area contributed by atoms with Crippen LogP contribution in [0.2, 0.25) is 0 Å². The number of carbonyl (C=O) groups is 1. The standard InChI is InChI=1S/C22H24N2OS2/c1-22(2,3)18-17(19(23)27-21(18)26-4)15-11-8-12-16(13-15)24-20(25)14-9-6-5-7-10-14/h5-13H,23H2,1-4H3,(H,24,25). The molecule has 0 spiro atoms. The largest absolute Gasteiger partial charge is 0.390 e. The number of nitrogens with two attached hydrogens (primary N) is 1. The Morgan fingerprint density at radius 3 is 2.41 bits per heavy atom. The van der Waals surface area contributed by atoms with E-state index in [9.17, 15) is 4.79 Å². The monoisotopic (exact) mass is 396 g/mol. The fraction of sp³-hybridized carbons (Fsp3) is 0.227. The molecule has 3 nitrogen and oxygen atoms in total. The predicted molar refractivity (Wildman–Crippen MR) is 119 cm³/mol. The Bertz CT molecular complexity index is 956. The maximum absolute atomic E-state index is 12.5. The lowest BCUT2D eigenvalue weighted by Gasteiger charge is -2.22. The average Bonchev–Trinajstić information content (AvgIpc) is 2.99. The summed E-state index contributed by atoms with van der Waals surface area (Å²) in [7, 11) is 0. The van der Waals surface area contributed by atoms with E-state index in [4.69, 9.17) is 5.73 Å². The number of nitrogens with one attached hydrogen (secondary N) is 1. The van der Waals surface area contributed by atoms with Crippen LogP contribution in [0.5, 0.6) is 0 Å². The first kappa shape index (κ1) is 19.5. The van der Waals surface area contributed by atoms with Crippen LogP contribution in [0.3, 0.4) is 0 Å². The first-order valence-electron chi connectivity index (χ1n) is 8.75. The van der Waals surface area contributed by atoms with Crippen molar-refractivity contribution in [2.24, 2.45) is 0 Å². The molecule has 0 unspecified atom stereocenters. The molecule has 0 saturated carbocycles. The second-order valence-corrected chi connectivity index (χ2v) is 9.49. The number of hydrogen-bond acceptors (Lipinski definition) is 4. The number of rotatable bonds is 4. The molecule has 1 amide bonds. The van der Waals surface area contributed by atoms with Gasteiger partial charge in [0.2, 0.25) is 0 Å². The summed E-state index contributed by atoms with van der Waals surface area (Å²) in [6, 6.07) is 17.1. The Morgan fingerprint density at radius 1 is 1.07 bits per heavy atom. The molecule has 1 aromatic heterocycles. The zero-order valence-electron chi connectivity index (χ0n) is 16.0. The molecule has 5 heteroatoms. The van der Waals surface area contributed by atoms with Gasteiger partial charge in [-0.05, 0) is 47.1 Å². The number of benzene rings is 2. The predicted octanol–water partition coefficient (Wildman–Crippen LogP) is 6.27. The first-order valence-corrected chi connectivity index (χ1v) is 10.8. The van der Waals surface area contributed by atoms with Gasteiger partial charge in [0.15, 0.2) is 0 Å². The smallest absolute Gasteiger partial charge is 0.255 e. The SMILES string of the molecule is CSc1sc(N)c(-c2cccc(NC(=O)c3ccccc3)c2)c1C(C)(C)C. The van der Waals surface area contributed by atoms with Crippen LogP contribution in [-0.4, -0.2) is 12.2 Å². The van der Waals surface area contributed by atoms with Crippen LogP contribution in [0.1, 0.15) is 36.7 Å². The van der Waals surface area contributed by atoms with Crippen LogP contribution in [0, 0.1) is 0 Å². The first-order chi connectivity index (χ1) is 12.8. The van der Waals surface area contributed by atoms with Gasteiger partial charge in [-0.2, -0.15) is 0 Å². The van der Waals surface area contributed by atoms with Crippen molar-refractivity contribution in [3.05, 3.63) is 65.7 Å². The Labute approximate surface area is 169 Å². The molecule has 2 aromatic carbocycles. The highest BCUT2D eigenvalue weighted by Crippen LogP contribution is 2.48. The lowest BCUT2D eigenvalue weighted by atomic mass is 9.84. The van der Waals surface area contributed by atoms with E-state index >= 15 is 0 Å². The zero-order valence-corrected chi connectivity index (χ0v) is 17.6. The third-order valence-corrected chi connectivity index (χ3v) is 6.42. The highest BCUT2D eigenvalue weighted by atomic mass is 32.2. The van der Waals surface area contributed by atoms with Crippen molar-refractivity contribution in [1.82, 2.24) is 0 Å². The number of thioether (sulfide) groups is 1. The van der Waals surface area contributed by atoms with Gasteiger partial charge in [0, 0.05) is 16.8 Å². The fourth-order valence-corrected chi connectivity index (χ4v) is 5.33. The maximum atomic E-state index is 12.5. The van der Waals surface area contributed by atoms with Crippen molar-refractivity contribution in [3.8, 4) is 11.1 Å².